The van der Waals surface area contributed by atoms with Crippen LogP contribution < -0.4 is 30.0 Å². The highest BCUT2D eigenvalue weighted by Gasteiger charge is 2.33. The van der Waals surface area contributed by atoms with Crippen molar-refractivity contribution in [1.82, 2.24) is 39.3 Å². The first kappa shape index (κ1) is 59.2. The molecule has 2 aliphatic rings. The number of nitrogens with one attached hydrogen (secondary N) is 1. The largest absolute Gasteiger partial charge is 0.497 e. The fourth-order valence-electron chi connectivity index (χ4n) is 9.35. The highest BCUT2D eigenvalue weighted by Crippen LogP contribution is 2.37. The minimum Gasteiger partial charge on any atom is -0.497 e. The van der Waals surface area contributed by atoms with Gasteiger partial charge in [-0.15, -0.1) is 0 Å². The maximum atomic E-state index is 12.8. The molecule has 2 amide bonds. The third kappa shape index (κ3) is 15.9. The fraction of sp³-hybridized carbons (Fsp3) is 0.387. The van der Waals surface area contributed by atoms with E-state index in [0.29, 0.717) is 54.5 Å². The van der Waals surface area contributed by atoms with Crippen LogP contribution in [0.1, 0.15) is 89.5 Å². The Morgan fingerprint density at radius 1 is 0.593 bits per heavy atom. The fourth-order valence-corrected chi connectivity index (χ4v) is 9.91. The van der Waals surface area contributed by atoms with Crippen molar-refractivity contribution < 1.29 is 38.0 Å². The molecule has 19 heteroatoms. The number of nitrogens with two attached hydrogens (primary N) is 1. The summed E-state index contributed by atoms with van der Waals surface area (Å²) in [4.78, 5) is 37.3. The van der Waals surface area contributed by atoms with Crippen LogP contribution >= 0.6 is 15.9 Å². The number of rotatable bonds is 14. The average molecular weight is 1170 g/mol. The number of hydrogen-bond donors (Lipinski definition) is 2. The minimum atomic E-state index is -0.540. The van der Waals surface area contributed by atoms with Gasteiger partial charge < -0.3 is 49.3 Å². The molecule has 4 aromatic carbocycles. The molecule has 10 rings (SSSR count). The number of carbonyl (C=O) groups is 2. The summed E-state index contributed by atoms with van der Waals surface area (Å²) in [7, 11) is 3.31. The third-order valence-corrected chi connectivity index (χ3v) is 14.0. The summed E-state index contributed by atoms with van der Waals surface area (Å²) < 4.78 is 38.3. The number of fused-ring (bicyclic) bond motifs is 2. The molecule has 0 radical (unpaired) electrons. The number of aromatic nitrogens is 6. The molecule has 0 spiro atoms. The Kier molecular flexibility index (Phi) is 19.4. The lowest BCUT2D eigenvalue weighted by Gasteiger charge is -2.28. The van der Waals surface area contributed by atoms with Crippen LogP contribution in [0.25, 0.3) is 22.1 Å². The van der Waals surface area contributed by atoms with Crippen LogP contribution in [0.15, 0.2) is 126 Å². The van der Waals surface area contributed by atoms with Crippen molar-refractivity contribution in [3.8, 4) is 34.5 Å². The van der Waals surface area contributed by atoms with E-state index in [9.17, 15) is 9.59 Å². The second-order valence-electron chi connectivity index (χ2n) is 22.1. The van der Waals surface area contributed by atoms with Gasteiger partial charge in [-0.3, -0.25) is 0 Å². The van der Waals surface area contributed by atoms with E-state index in [1.165, 1.54) is 5.56 Å². The van der Waals surface area contributed by atoms with Gasteiger partial charge in [-0.1, -0.05) is 59.7 Å². The number of aryl methyl sites for hydroxylation is 2. The summed E-state index contributed by atoms with van der Waals surface area (Å²) in [6.07, 6.45) is 6.82. The van der Waals surface area contributed by atoms with Crippen LogP contribution in [-0.4, -0.2) is 115 Å². The molecule has 2 saturated heterocycles. The number of hydrogen-bond acceptors (Lipinski definition) is 14. The molecule has 2 atom stereocenters. The number of carbonyl (C=O) groups excluding carboxylic acids is 2. The van der Waals surface area contributed by atoms with Gasteiger partial charge in [-0.2, -0.15) is 10.2 Å². The topological polar surface area (TPSA) is 195 Å². The van der Waals surface area contributed by atoms with Gasteiger partial charge in [0, 0.05) is 56.7 Å². The molecule has 0 unspecified atom stereocenters. The number of ether oxygens (including phenoxy) is 6. The van der Waals surface area contributed by atoms with E-state index in [0.717, 1.165) is 94.1 Å². The molecule has 3 N–H and O–H groups in total. The van der Waals surface area contributed by atoms with Gasteiger partial charge in [0.25, 0.3) is 0 Å². The summed E-state index contributed by atoms with van der Waals surface area (Å²) in [5.41, 5.74) is 10.6. The lowest BCUT2D eigenvalue weighted by molar-refractivity contribution is 0.0222. The third-order valence-electron chi connectivity index (χ3n) is 13.4. The van der Waals surface area contributed by atoms with Gasteiger partial charge in [0.15, 0.2) is 17.1 Å². The molecule has 0 aliphatic carbocycles. The zero-order valence-corrected chi connectivity index (χ0v) is 49.7. The Morgan fingerprint density at radius 2 is 1.01 bits per heavy atom. The summed E-state index contributed by atoms with van der Waals surface area (Å²) in [6, 6.07) is 35.6. The predicted octanol–water partition coefficient (Wildman–Crippen LogP) is 13.1. The number of likely N-dealkylation sites (tertiary alicyclic amines) is 2. The lowest BCUT2D eigenvalue weighted by atomic mass is 10.2. The van der Waals surface area contributed by atoms with E-state index in [1.54, 1.807) is 31.5 Å². The number of nitrogens with zero attached hydrogens (tertiary/aromatic N) is 8. The number of pyridine rings is 2. The standard InChI is InChI=1S/C31H37N5O4.C21H18BrN3O2.C10H20N2O2/c1-21-8-12-25(13-9-21)39-26-16-17-32-29-27(26)28(34-36(29)20-22-10-14-24(38-5)15-11-22)33-19-23-7-6-18-35(23)30(37)40-31(2,3)4;1-14-3-7-17(8-4-14)27-18-11-12-23-21-19(18)20(22)24-25(21)13-15-5-9-16(26-2)10-6-15;1-10(2,3)14-9(13)12-6-4-5-8(12)7-11/h8-17,23H,6-7,18-20H2,1-5H3,(H,33,34);3-12H,13H2,1-2H3;8H,4-7,11H2,1-3H3/t23-;;8-/m0.0/s1. The zero-order valence-electron chi connectivity index (χ0n) is 48.1. The van der Waals surface area contributed by atoms with Crippen molar-refractivity contribution in [1.29, 1.82) is 0 Å². The van der Waals surface area contributed by atoms with Gasteiger partial charge in [-0.05, 0) is 157 Å². The number of methoxy groups -OCH3 is 2. The molecule has 2 aliphatic heterocycles. The van der Waals surface area contributed by atoms with Crippen LogP contribution in [-0.2, 0) is 22.6 Å². The number of anilines is 1. The molecule has 8 aromatic rings. The van der Waals surface area contributed by atoms with Crippen LogP contribution in [0, 0.1) is 13.8 Å². The van der Waals surface area contributed by atoms with E-state index in [1.807, 2.05) is 179 Å². The molecule has 18 nitrogen and oxygen atoms in total. The monoisotopic (exact) mass is 1170 g/mol. The lowest BCUT2D eigenvalue weighted by Crippen LogP contribution is -2.42. The summed E-state index contributed by atoms with van der Waals surface area (Å²) >= 11 is 3.56. The maximum Gasteiger partial charge on any atom is 0.410 e. The molecule has 81 heavy (non-hydrogen) atoms. The highest BCUT2D eigenvalue weighted by atomic mass is 79.9. The molecule has 428 valence electrons. The molecule has 0 bridgehead atoms. The first-order valence-electron chi connectivity index (χ1n) is 27.3. The average Bonchev–Trinajstić information content (AvgIpc) is 4.29. The van der Waals surface area contributed by atoms with E-state index < -0.39 is 11.2 Å². The minimum absolute atomic E-state index is 0.00484. The molecule has 4 aromatic heterocycles. The van der Waals surface area contributed by atoms with Crippen LogP contribution in [0.5, 0.6) is 34.5 Å². The summed E-state index contributed by atoms with van der Waals surface area (Å²) in [5, 5.41) is 14.7. The van der Waals surface area contributed by atoms with Crippen LogP contribution in [0.4, 0.5) is 15.4 Å². The van der Waals surface area contributed by atoms with Crippen molar-refractivity contribution in [2.75, 3.05) is 45.7 Å². The second-order valence-corrected chi connectivity index (χ2v) is 22.8. The molecule has 6 heterocycles. The van der Waals surface area contributed by atoms with E-state index in [2.05, 4.69) is 36.3 Å². The predicted molar refractivity (Wildman–Crippen MR) is 319 cm³/mol. The molecule has 2 fully saturated rings. The SMILES string of the molecule is CC(C)(C)OC(=O)N1CCC[C@H]1CN.COc1ccc(Cn2nc(Br)c3c(Oc4ccc(C)cc4)ccnc32)cc1.COc1ccc(Cn2nc(NC[C@@H]3CCCN3C(=O)OC(C)(C)C)c3c(Oc4ccc(C)cc4)ccnc32)cc1. The Bertz CT molecular complexity index is 3360. The second kappa shape index (κ2) is 26.6. The Labute approximate surface area is 483 Å². The Balaban J connectivity index is 0.000000180. The van der Waals surface area contributed by atoms with E-state index in [4.69, 9.17) is 39.3 Å². The van der Waals surface area contributed by atoms with Crippen LogP contribution in [0.3, 0.4) is 0 Å². The zero-order chi connectivity index (χ0) is 57.8. The Hall–Kier alpha value is -7.90. The summed E-state index contributed by atoms with van der Waals surface area (Å²) in [6.45, 7) is 19.0. The smallest absolute Gasteiger partial charge is 0.410 e. The quantitative estimate of drug-likeness (QED) is 0.104. The van der Waals surface area contributed by atoms with Gasteiger partial charge in [-0.25, -0.2) is 28.9 Å². The molecular weight excluding hydrogens is 1090 g/mol. The molecule has 0 saturated carbocycles. The van der Waals surface area contributed by atoms with Crippen molar-refractivity contribution in [2.45, 2.75) is 117 Å². The number of halogens is 1. The maximum absolute atomic E-state index is 12.8. The van der Waals surface area contributed by atoms with Crippen molar-refractivity contribution in [3.05, 3.63) is 148 Å². The van der Waals surface area contributed by atoms with Gasteiger partial charge in [0.2, 0.25) is 0 Å². The van der Waals surface area contributed by atoms with Crippen LogP contribution in [0.2, 0.25) is 0 Å². The molecular formula is C62H75BrN10O8. The van der Waals surface area contributed by atoms with Crippen molar-refractivity contribution >= 4 is 56.0 Å². The van der Waals surface area contributed by atoms with Gasteiger partial charge in [0.1, 0.15) is 55.7 Å². The number of benzene rings is 4. The first-order chi connectivity index (χ1) is 38.8. The van der Waals surface area contributed by atoms with Gasteiger partial charge >= 0.3 is 12.2 Å². The van der Waals surface area contributed by atoms with E-state index >= 15 is 0 Å². The number of amides is 2. The first-order valence-corrected chi connectivity index (χ1v) is 28.1. The Morgan fingerprint density at radius 3 is 1.47 bits per heavy atom. The summed E-state index contributed by atoms with van der Waals surface area (Å²) in [5.74, 6) is 5.19. The van der Waals surface area contributed by atoms with E-state index in [-0.39, 0.29) is 24.3 Å². The van der Waals surface area contributed by atoms with Crippen molar-refractivity contribution in [2.24, 2.45) is 5.73 Å². The van der Waals surface area contributed by atoms with Crippen molar-refractivity contribution in [3.63, 3.8) is 0 Å². The normalized spacial score (nSPS) is 15.1. The highest BCUT2D eigenvalue weighted by molar-refractivity contribution is 9.10. The van der Waals surface area contributed by atoms with Gasteiger partial charge in [0.05, 0.1) is 38.7 Å².